The highest BCUT2D eigenvalue weighted by molar-refractivity contribution is 14.0. The highest BCUT2D eigenvalue weighted by Crippen LogP contribution is 2.17. The van der Waals surface area contributed by atoms with Gasteiger partial charge < -0.3 is 20.7 Å². The highest BCUT2D eigenvalue weighted by Gasteiger charge is 2.23. The van der Waals surface area contributed by atoms with Crippen LogP contribution in [0.4, 0.5) is 5.69 Å². The lowest BCUT2D eigenvalue weighted by atomic mass is 10.0. The molecule has 8 heteroatoms. The molecular weight excluding hydrogens is 541 g/mol. The zero-order chi connectivity index (χ0) is 22.9. The van der Waals surface area contributed by atoms with Gasteiger partial charge in [0.1, 0.15) is 6.10 Å². The van der Waals surface area contributed by atoms with E-state index in [0.717, 1.165) is 62.5 Å². The summed E-state index contributed by atoms with van der Waals surface area (Å²) in [6.45, 7) is 4.47. The van der Waals surface area contributed by atoms with Crippen molar-refractivity contribution in [3.05, 3.63) is 65.7 Å². The van der Waals surface area contributed by atoms with E-state index in [4.69, 9.17) is 4.74 Å². The van der Waals surface area contributed by atoms with E-state index in [0.29, 0.717) is 19.2 Å². The molecule has 2 heterocycles. The van der Waals surface area contributed by atoms with Crippen LogP contribution < -0.4 is 16.0 Å². The fourth-order valence-corrected chi connectivity index (χ4v) is 4.42. The molecule has 2 aromatic carbocycles. The van der Waals surface area contributed by atoms with E-state index in [1.165, 1.54) is 5.56 Å². The van der Waals surface area contributed by atoms with Gasteiger partial charge >= 0.3 is 0 Å². The predicted octanol–water partition coefficient (Wildman–Crippen LogP) is 3.75. The number of halogens is 1. The van der Waals surface area contributed by atoms with Crippen LogP contribution in [0, 0.1) is 0 Å². The molecule has 0 saturated carbocycles. The van der Waals surface area contributed by atoms with Crippen molar-refractivity contribution >= 4 is 41.5 Å². The van der Waals surface area contributed by atoms with Crippen LogP contribution in [0.3, 0.4) is 0 Å². The first-order valence-corrected chi connectivity index (χ1v) is 11.9. The van der Waals surface area contributed by atoms with Crippen LogP contribution in [-0.4, -0.2) is 55.7 Å². The Labute approximate surface area is 219 Å². The fraction of sp³-hybridized carbons (Fsp3) is 0.462. The number of carbonyl (C=O) groups excluding carboxylic acids is 1. The molecule has 2 aromatic rings. The molecule has 2 saturated heterocycles. The van der Waals surface area contributed by atoms with E-state index in [1.54, 1.807) is 7.05 Å². The van der Waals surface area contributed by atoms with Gasteiger partial charge in [-0.3, -0.25) is 14.7 Å². The third-order valence-electron chi connectivity index (χ3n) is 6.28. The molecule has 7 nitrogen and oxygen atoms in total. The van der Waals surface area contributed by atoms with Crippen LogP contribution in [0.5, 0.6) is 0 Å². The first kappa shape index (κ1) is 26.4. The molecule has 2 fully saturated rings. The van der Waals surface area contributed by atoms with Gasteiger partial charge in [-0.2, -0.15) is 0 Å². The third kappa shape index (κ3) is 7.95. The molecular formula is C26H36IN5O2. The normalized spacial score (nSPS) is 19.3. The Morgan fingerprint density at radius 2 is 1.82 bits per heavy atom. The summed E-state index contributed by atoms with van der Waals surface area (Å²) >= 11 is 0. The molecule has 2 aliphatic heterocycles. The summed E-state index contributed by atoms with van der Waals surface area (Å²) in [5, 5.41) is 9.95. The largest absolute Gasteiger partial charge is 0.368 e. The van der Waals surface area contributed by atoms with Crippen molar-refractivity contribution in [2.75, 3.05) is 32.1 Å². The maximum atomic E-state index is 12.3. The lowest BCUT2D eigenvalue weighted by Gasteiger charge is -2.33. The lowest BCUT2D eigenvalue weighted by molar-refractivity contribution is -0.124. The third-order valence-corrected chi connectivity index (χ3v) is 6.28. The van der Waals surface area contributed by atoms with Crippen LogP contribution in [0.1, 0.15) is 36.8 Å². The van der Waals surface area contributed by atoms with Gasteiger partial charge in [-0.05, 0) is 48.9 Å². The Balaban J connectivity index is 0.00000324. The second-order valence-electron chi connectivity index (χ2n) is 8.80. The number of likely N-dealkylation sites (tertiary alicyclic amines) is 1. The number of ether oxygens (including phenoxy) is 1. The van der Waals surface area contributed by atoms with E-state index >= 15 is 0 Å². The minimum atomic E-state index is -0.325. The van der Waals surface area contributed by atoms with Gasteiger partial charge in [-0.15, -0.1) is 24.0 Å². The Hall–Kier alpha value is -2.17. The Morgan fingerprint density at radius 3 is 2.53 bits per heavy atom. The molecule has 1 atom stereocenters. The zero-order valence-electron chi connectivity index (χ0n) is 19.8. The number of anilines is 1. The highest BCUT2D eigenvalue weighted by atomic mass is 127. The lowest BCUT2D eigenvalue weighted by Crippen LogP contribution is -2.48. The molecule has 0 bridgehead atoms. The van der Waals surface area contributed by atoms with Gasteiger partial charge in [0, 0.05) is 51.6 Å². The number of rotatable bonds is 7. The summed E-state index contributed by atoms with van der Waals surface area (Å²) in [6, 6.07) is 19.0. The van der Waals surface area contributed by atoms with Crippen molar-refractivity contribution in [2.24, 2.45) is 4.99 Å². The van der Waals surface area contributed by atoms with Crippen molar-refractivity contribution in [3.8, 4) is 0 Å². The molecule has 184 valence electrons. The summed E-state index contributed by atoms with van der Waals surface area (Å²) in [5.41, 5.74) is 3.25. The van der Waals surface area contributed by atoms with E-state index in [2.05, 4.69) is 56.2 Å². The topological polar surface area (TPSA) is 78.0 Å². The van der Waals surface area contributed by atoms with Crippen LogP contribution in [0.2, 0.25) is 0 Å². The summed E-state index contributed by atoms with van der Waals surface area (Å²) in [5.74, 6) is 0.749. The second-order valence-corrected chi connectivity index (χ2v) is 8.80. The van der Waals surface area contributed by atoms with Crippen molar-refractivity contribution < 1.29 is 9.53 Å². The Kier molecular flexibility index (Phi) is 10.6. The second kappa shape index (κ2) is 13.7. The van der Waals surface area contributed by atoms with Crippen LogP contribution in [0.25, 0.3) is 0 Å². The zero-order valence-corrected chi connectivity index (χ0v) is 22.2. The smallest absolute Gasteiger partial charge is 0.253 e. The number of nitrogens with one attached hydrogen (secondary N) is 3. The molecule has 1 unspecified atom stereocenters. The van der Waals surface area contributed by atoms with E-state index in [-0.39, 0.29) is 36.0 Å². The maximum Gasteiger partial charge on any atom is 0.253 e. The number of hydrogen-bond acceptors (Lipinski definition) is 4. The number of carbonyl (C=O) groups is 1. The summed E-state index contributed by atoms with van der Waals surface area (Å²) in [4.78, 5) is 19.2. The molecule has 0 radical (unpaired) electrons. The number of hydrogen-bond donors (Lipinski definition) is 3. The van der Waals surface area contributed by atoms with Gasteiger partial charge in [-0.25, -0.2) is 0 Å². The maximum absolute atomic E-state index is 12.3. The Bertz CT molecular complexity index is 926. The predicted molar refractivity (Wildman–Crippen MR) is 148 cm³/mol. The molecule has 34 heavy (non-hydrogen) atoms. The number of guanidine groups is 1. The van der Waals surface area contributed by atoms with Crippen LogP contribution in [-0.2, 0) is 22.6 Å². The number of nitrogens with zero attached hydrogens (tertiary/aromatic N) is 2. The average molecular weight is 578 g/mol. The summed E-state index contributed by atoms with van der Waals surface area (Å²) in [6.07, 6.45) is 3.60. The monoisotopic (exact) mass is 577 g/mol. The van der Waals surface area contributed by atoms with Gasteiger partial charge in [-0.1, -0.05) is 42.5 Å². The number of amides is 1. The van der Waals surface area contributed by atoms with Crippen molar-refractivity contribution in [3.63, 3.8) is 0 Å². The quantitative estimate of drug-likeness (QED) is 0.266. The summed E-state index contributed by atoms with van der Waals surface area (Å²) in [7, 11) is 1.80. The molecule has 1 amide bonds. The number of piperidine rings is 1. The molecule has 0 spiro atoms. The molecule has 4 rings (SSSR count). The molecule has 0 aliphatic carbocycles. The molecule has 3 N–H and O–H groups in total. The van der Waals surface area contributed by atoms with E-state index < -0.39 is 0 Å². The van der Waals surface area contributed by atoms with E-state index in [9.17, 15) is 4.79 Å². The van der Waals surface area contributed by atoms with E-state index in [1.807, 2.05) is 24.3 Å². The standard InChI is InChI=1S/C26H35N5O2.HI/c1-27-26(30-22-12-14-31(15-13-22)19-20-7-3-2-4-8-20)28-18-21-9-5-10-23(17-21)29-25(32)24-11-6-16-33-24;/h2-5,7-10,17,22,24H,6,11-16,18-19H2,1H3,(H,29,32)(H2,27,28,30);1H. The fourth-order valence-electron chi connectivity index (χ4n) is 4.42. The van der Waals surface area contributed by atoms with Gasteiger partial charge in [0.25, 0.3) is 5.91 Å². The van der Waals surface area contributed by atoms with Crippen LogP contribution >= 0.6 is 24.0 Å². The van der Waals surface area contributed by atoms with Gasteiger partial charge in [0.15, 0.2) is 5.96 Å². The minimum Gasteiger partial charge on any atom is -0.368 e. The first-order valence-electron chi connectivity index (χ1n) is 11.9. The van der Waals surface area contributed by atoms with Crippen LogP contribution in [0.15, 0.2) is 59.6 Å². The number of benzene rings is 2. The average Bonchev–Trinajstić information content (AvgIpc) is 3.39. The molecule has 2 aliphatic rings. The molecule has 0 aromatic heterocycles. The first-order chi connectivity index (χ1) is 16.2. The SMILES string of the molecule is CN=C(NCc1cccc(NC(=O)C2CCCO2)c1)NC1CCN(Cc2ccccc2)CC1.I. The minimum absolute atomic E-state index is 0. The van der Waals surface area contributed by atoms with Gasteiger partial charge in [0.2, 0.25) is 0 Å². The van der Waals surface area contributed by atoms with Crippen molar-refractivity contribution in [2.45, 2.75) is 50.9 Å². The van der Waals surface area contributed by atoms with Crippen molar-refractivity contribution in [1.82, 2.24) is 15.5 Å². The Morgan fingerprint density at radius 1 is 1.06 bits per heavy atom. The van der Waals surface area contributed by atoms with Crippen molar-refractivity contribution in [1.29, 1.82) is 0 Å². The summed E-state index contributed by atoms with van der Waals surface area (Å²) < 4.78 is 5.47. The number of aliphatic imine (C=N–C) groups is 1. The van der Waals surface area contributed by atoms with Gasteiger partial charge in [0.05, 0.1) is 0 Å².